The van der Waals surface area contributed by atoms with E-state index >= 15 is 0 Å². The second kappa shape index (κ2) is 12.3. The highest BCUT2D eigenvalue weighted by Crippen LogP contribution is 2.48. The van der Waals surface area contributed by atoms with Gasteiger partial charge in [0.25, 0.3) is 0 Å². The van der Waals surface area contributed by atoms with Crippen molar-refractivity contribution >= 4 is 36.2 Å². The van der Waals surface area contributed by atoms with Crippen LogP contribution in [-0.4, -0.2) is 57.0 Å². The Morgan fingerprint density at radius 1 is 1.13 bits per heavy atom. The molecule has 5 N–H and O–H groups in total. The minimum atomic E-state index is -1.74. The Bertz CT molecular complexity index is 1290. The average Bonchev–Trinajstić information content (AvgIpc) is 3.17. The fraction of sp³-hybridized carbons (Fsp3) is 0.400. The first-order valence-corrected chi connectivity index (χ1v) is 13.5. The zero-order valence-electron chi connectivity index (χ0n) is 22.3. The number of allylic oxidation sites excluding steroid dienone is 2. The van der Waals surface area contributed by atoms with Crippen molar-refractivity contribution in [3.05, 3.63) is 70.8 Å². The van der Waals surface area contributed by atoms with Crippen LogP contribution in [-0.2, 0) is 9.59 Å². The summed E-state index contributed by atoms with van der Waals surface area (Å²) in [5.74, 6) is -2.82. The van der Waals surface area contributed by atoms with E-state index in [1.165, 1.54) is 12.1 Å². The smallest absolute Gasteiger partial charge is 0.488 e. The first kappa shape index (κ1) is 28.8. The molecule has 2 aromatic rings. The molecule has 4 rings (SSSR count). The van der Waals surface area contributed by atoms with E-state index in [4.69, 9.17) is 0 Å². The molecule has 0 bridgehead atoms. The molecular weight excluding hydrogens is 497 g/mol. The number of carbonyl (C=O) groups is 2. The molecule has 0 aromatic heterocycles. The number of imide groups is 1. The Morgan fingerprint density at radius 3 is 2.54 bits per heavy atom. The van der Waals surface area contributed by atoms with Crippen molar-refractivity contribution < 1.29 is 35.0 Å². The van der Waals surface area contributed by atoms with Crippen molar-refractivity contribution in [1.29, 1.82) is 0 Å². The van der Waals surface area contributed by atoms with Gasteiger partial charge in [-0.1, -0.05) is 60.9 Å². The van der Waals surface area contributed by atoms with Crippen LogP contribution in [0.25, 0.3) is 6.08 Å². The van der Waals surface area contributed by atoms with Crippen LogP contribution in [0.15, 0.2) is 65.3 Å². The van der Waals surface area contributed by atoms with Crippen LogP contribution < -0.4 is 10.4 Å². The maximum Gasteiger partial charge on any atom is 0.488 e. The molecule has 1 aliphatic heterocycles. The summed E-state index contributed by atoms with van der Waals surface area (Å²) in [6.07, 6.45) is 3.65. The maximum absolute atomic E-state index is 13.7. The summed E-state index contributed by atoms with van der Waals surface area (Å²) < 4.78 is 0. The predicted molar refractivity (Wildman–Crippen MR) is 150 cm³/mol. The number of hydrogen-bond donors (Lipinski definition) is 5. The van der Waals surface area contributed by atoms with Crippen LogP contribution in [0.3, 0.4) is 0 Å². The molecule has 39 heavy (non-hydrogen) atoms. The number of aromatic hydroxyl groups is 1. The van der Waals surface area contributed by atoms with Crippen LogP contribution >= 0.6 is 0 Å². The number of benzene rings is 2. The highest BCUT2D eigenvalue weighted by atomic mass is 16.4. The van der Waals surface area contributed by atoms with E-state index in [1.54, 1.807) is 24.3 Å². The number of phenols is 1. The van der Waals surface area contributed by atoms with E-state index in [1.807, 2.05) is 32.1 Å². The third-order valence-electron chi connectivity index (χ3n) is 7.87. The van der Waals surface area contributed by atoms with Gasteiger partial charge >= 0.3 is 7.12 Å². The molecule has 9 heteroatoms. The van der Waals surface area contributed by atoms with Gasteiger partial charge in [-0.3, -0.25) is 14.5 Å². The lowest BCUT2D eigenvalue weighted by atomic mass is 9.67. The fourth-order valence-corrected chi connectivity index (χ4v) is 6.04. The van der Waals surface area contributed by atoms with Gasteiger partial charge in [-0.15, -0.1) is 0 Å². The lowest BCUT2D eigenvalue weighted by Gasteiger charge is -2.36. The Morgan fingerprint density at radius 2 is 1.87 bits per heavy atom. The first-order valence-electron chi connectivity index (χ1n) is 13.5. The topological polar surface area (TPSA) is 139 Å². The minimum Gasteiger partial charge on any atom is -0.507 e. The van der Waals surface area contributed by atoms with Gasteiger partial charge < -0.3 is 25.4 Å². The molecule has 2 aliphatic rings. The second-order valence-electron chi connectivity index (χ2n) is 10.5. The molecule has 0 unspecified atom stereocenters. The van der Waals surface area contributed by atoms with E-state index in [2.05, 4.69) is 0 Å². The van der Waals surface area contributed by atoms with Gasteiger partial charge in [-0.05, 0) is 61.8 Å². The van der Waals surface area contributed by atoms with Crippen LogP contribution in [0.4, 0.5) is 5.69 Å². The number of amides is 2. The van der Waals surface area contributed by atoms with E-state index < -0.39 is 36.9 Å². The normalized spacial score (nSPS) is 22.4. The van der Waals surface area contributed by atoms with E-state index in [0.29, 0.717) is 36.8 Å². The SMILES string of the molecule is CCCC1=C([C@H](O)CC/C(C)=C/c2ccccc2O)[C@H](CO)[C@@H]2C(=O)N(c3cccc(B(O)O)c3)C(=O)[C@@H]2C1. The number of hydrogen-bond acceptors (Lipinski definition) is 7. The zero-order valence-corrected chi connectivity index (χ0v) is 22.3. The van der Waals surface area contributed by atoms with Crippen molar-refractivity contribution in [2.45, 2.75) is 52.1 Å². The van der Waals surface area contributed by atoms with Gasteiger partial charge in [0, 0.05) is 11.5 Å². The van der Waals surface area contributed by atoms with Gasteiger partial charge in [0.05, 0.1) is 30.2 Å². The fourth-order valence-electron chi connectivity index (χ4n) is 6.04. The number of carbonyl (C=O) groups excluding carboxylic acids is 2. The van der Waals surface area contributed by atoms with Crippen LogP contribution in [0.5, 0.6) is 5.75 Å². The molecule has 0 radical (unpaired) electrons. The number of anilines is 1. The Labute approximate surface area is 229 Å². The van der Waals surface area contributed by atoms with Crippen LogP contribution in [0, 0.1) is 17.8 Å². The number of nitrogens with zero attached hydrogens (tertiary/aromatic N) is 1. The number of rotatable bonds is 10. The van der Waals surface area contributed by atoms with Crippen LogP contribution in [0.1, 0.15) is 51.5 Å². The largest absolute Gasteiger partial charge is 0.507 e. The van der Waals surface area contributed by atoms with E-state index in [9.17, 15) is 35.0 Å². The Balaban J connectivity index is 1.60. The summed E-state index contributed by atoms with van der Waals surface area (Å²) in [6.45, 7) is 3.56. The average molecular weight is 533 g/mol. The molecule has 1 aliphatic carbocycles. The number of phenolic OH excluding ortho intramolecular Hbond substituents is 1. The summed E-state index contributed by atoms with van der Waals surface area (Å²) in [4.78, 5) is 28.3. The molecule has 0 saturated carbocycles. The van der Waals surface area contributed by atoms with Gasteiger partial charge in [0.1, 0.15) is 5.75 Å². The Kier molecular flexibility index (Phi) is 9.07. The molecule has 1 heterocycles. The number of aliphatic hydroxyl groups excluding tert-OH is 2. The highest BCUT2D eigenvalue weighted by Gasteiger charge is 2.55. The Hall–Kier alpha value is -3.24. The summed E-state index contributed by atoms with van der Waals surface area (Å²) in [6, 6.07) is 13.0. The predicted octanol–water partition coefficient (Wildman–Crippen LogP) is 2.53. The molecule has 1 fully saturated rings. The van der Waals surface area contributed by atoms with Crippen molar-refractivity contribution in [2.24, 2.45) is 17.8 Å². The molecule has 2 amide bonds. The van der Waals surface area contributed by atoms with Gasteiger partial charge in [-0.25, -0.2) is 0 Å². The molecule has 8 nitrogen and oxygen atoms in total. The summed E-state index contributed by atoms with van der Waals surface area (Å²) in [5, 5.41) is 51.1. The molecule has 0 spiro atoms. The number of aliphatic hydroxyl groups is 2. The number of para-hydroxylation sites is 1. The van der Waals surface area contributed by atoms with E-state index in [0.717, 1.165) is 22.5 Å². The minimum absolute atomic E-state index is 0.162. The quantitative estimate of drug-likeness (QED) is 0.180. The second-order valence-corrected chi connectivity index (χ2v) is 10.5. The lowest BCUT2D eigenvalue weighted by molar-refractivity contribution is -0.123. The summed E-state index contributed by atoms with van der Waals surface area (Å²) in [7, 11) is -1.74. The lowest BCUT2D eigenvalue weighted by Crippen LogP contribution is -2.39. The van der Waals surface area contributed by atoms with Gasteiger partial charge in [0.2, 0.25) is 11.8 Å². The molecule has 4 atom stereocenters. The first-order chi connectivity index (χ1) is 18.7. The van der Waals surface area contributed by atoms with Crippen molar-refractivity contribution in [3.63, 3.8) is 0 Å². The molecular formula is C30H36BNO7. The summed E-state index contributed by atoms with van der Waals surface area (Å²) in [5.41, 5.74) is 3.64. The number of fused-ring (bicyclic) bond motifs is 1. The zero-order chi connectivity index (χ0) is 28.3. The van der Waals surface area contributed by atoms with E-state index in [-0.39, 0.29) is 29.4 Å². The molecule has 206 valence electrons. The van der Waals surface area contributed by atoms with Crippen molar-refractivity contribution in [1.82, 2.24) is 0 Å². The maximum atomic E-state index is 13.7. The molecule has 2 aromatic carbocycles. The third kappa shape index (κ3) is 5.87. The van der Waals surface area contributed by atoms with Gasteiger partial charge in [-0.2, -0.15) is 0 Å². The third-order valence-corrected chi connectivity index (χ3v) is 7.87. The standard InChI is InChI=1S/C30H36BNO7/c1-3-7-20-15-23-28(30(37)32(29(23)36)22-10-6-9-21(16-22)31(38)39)24(17-33)27(20)26(35)13-12-18(2)14-19-8-4-5-11-25(19)34/h4-6,8-11,14,16,23-24,26,28,33-35,38-39H,3,7,12-13,15,17H2,1-2H3/b18-14+/t23-,24+,26-,28-/m1/s1. The van der Waals surface area contributed by atoms with Gasteiger partial charge in [0.15, 0.2) is 0 Å². The van der Waals surface area contributed by atoms with Crippen molar-refractivity contribution in [3.8, 4) is 5.75 Å². The summed E-state index contributed by atoms with van der Waals surface area (Å²) >= 11 is 0. The highest BCUT2D eigenvalue weighted by molar-refractivity contribution is 6.58. The van der Waals surface area contributed by atoms with Crippen molar-refractivity contribution in [2.75, 3.05) is 11.5 Å². The monoisotopic (exact) mass is 533 g/mol. The van der Waals surface area contributed by atoms with Crippen LogP contribution in [0.2, 0.25) is 0 Å². The molecule has 1 saturated heterocycles.